The van der Waals surface area contributed by atoms with Gasteiger partial charge in [-0.2, -0.15) is 0 Å². The lowest BCUT2D eigenvalue weighted by Crippen LogP contribution is -2.42. The SMILES string of the molecule is CC1CC(Nc2cccc(Cn3ccnc3)c2)CCN1C. The summed E-state index contributed by atoms with van der Waals surface area (Å²) in [6.45, 7) is 4.36. The molecule has 2 heterocycles. The minimum atomic E-state index is 0.583. The molecular formula is C17H24N4. The quantitative estimate of drug-likeness (QED) is 0.937. The van der Waals surface area contributed by atoms with Gasteiger partial charge in [-0.05, 0) is 44.5 Å². The normalized spacial score (nSPS) is 23.1. The second-order valence-electron chi connectivity index (χ2n) is 6.13. The van der Waals surface area contributed by atoms with Crippen LogP contribution < -0.4 is 5.32 Å². The third-order valence-corrected chi connectivity index (χ3v) is 4.43. The zero-order chi connectivity index (χ0) is 14.7. The minimum Gasteiger partial charge on any atom is -0.382 e. The summed E-state index contributed by atoms with van der Waals surface area (Å²) < 4.78 is 2.09. The first-order valence-corrected chi connectivity index (χ1v) is 7.72. The number of anilines is 1. The van der Waals surface area contributed by atoms with Gasteiger partial charge >= 0.3 is 0 Å². The van der Waals surface area contributed by atoms with Gasteiger partial charge in [-0.15, -0.1) is 0 Å². The Morgan fingerprint density at radius 1 is 1.38 bits per heavy atom. The average Bonchev–Trinajstić information content (AvgIpc) is 2.96. The standard InChI is InChI=1S/C17H24N4/c1-14-10-17(6-8-20(14)2)19-16-5-3-4-15(11-16)12-21-9-7-18-13-21/h3-5,7,9,11,13-14,17,19H,6,8,10,12H2,1-2H3. The third kappa shape index (κ3) is 3.64. The van der Waals surface area contributed by atoms with Crippen LogP contribution in [0.1, 0.15) is 25.3 Å². The summed E-state index contributed by atoms with van der Waals surface area (Å²) in [5.74, 6) is 0. The molecule has 0 spiro atoms. The van der Waals surface area contributed by atoms with Gasteiger partial charge in [0.15, 0.2) is 0 Å². The molecule has 1 aliphatic rings. The van der Waals surface area contributed by atoms with Crippen molar-refractivity contribution in [3.05, 3.63) is 48.5 Å². The van der Waals surface area contributed by atoms with Crippen LogP contribution in [-0.2, 0) is 6.54 Å². The lowest BCUT2D eigenvalue weighted by atomic mass is 9.98. The first-order chi connectivity index (χ1) is 10.2. The Labute approximate surface area is 126 Å². The maximum Gasteiger partial charge on any atom is 0.0949 e. The van der Waals surface area contributed by atoms with Crippen molar-refractivity contribution in [3.63, 3.8) is 0 Å². The van der Waals surface area contributed by atoms with Crippen LogP contribution in [-0.4, -0.2) is 40.1 Å². The summed E-state index contributed by atoms with van der Waals surface area (Å²) >= 11 is 0. The number of aromatic nitrogens is 2. The van der Waals surface area contributed by atoms with Crippen molar-refractivity contribution in [3.8, 4) is 0 Å². The first-order valence-electron chi connectivity index (χ1n) is 7.72. The first kappa shape index (κ1) is 14.1. The topological polar surface area (TPSA) is 33.1 Å². The Morgan fingerprint density at radius 2 is 2.29 bits per heavy atom. The molecule has 2 unspecified atom stereocenters. The highest BCUT2D eigenvalue weighted by molar-refractivity contribution is 5.46. The maximum absolute atomic E-state index is 4.09. The predicted molar refractivity (Wildman–Crippen MR) is 86.5 cm³/mol. The number of hydrogen-bond acceptors (Lipinski definition) is 3. The van der Waals surface area contributed by atoms with Gasteiger partial charge < -0.3 is 14.8 Å². The van der Waals surface area contributed by atoms with Gasteiger partial charge in [0.1, 0.15) is 0 Å². The molecule has 2 atom stereocenters. The molecule has 0 radical (unpaired) electrons. The summed E-state index contributed by atoms with van der Waals surface area (Å²) in [6.07, 6.45) is 8.11. The van der Waals surface area contributed by atoms with E-state index in [4.69, 9.17) is 0 Å². The van der Waals surface area contributed by atoms with Gasteiger partial charge in [0.05, 0.1) is 6.33 Å². The molecular weight excluding hydrogens is 260 g/mol. The molecule has 0 amide bonds. The largest absolute Gasteiger partial charge is 0.382 e. The molecule has 0 saturated carbocycles. The number of rotatable bonds is 4. The lowest BCUT2D eigenvalue weighted by Gasteiger charge is -2.35. The van der Waals surface area contributed by atoms with Crippen molar-refractivity contribution in [1.82, 2.24) is 14.5 Å². The van der Waals surface area contributed by atoms with E-state index in [9.17, 15) is 0 Å². The maximum atomic E-state index is 4.09. The Balaban J connectivity index is 1.63. The van der Waals surface area contributed by atoms with Crippen LogP contribution in [0.25, 0.3) is 0 Å². The van der Waals surface area contributed by atoms with Crippen LogP contribution in [0.5, 0.6) is 0 Å². The fourth-order valence-electron chi connectivity index (χ4n) is 3.01. The number of benzene rings is 1. The Morgan fingerprint density at radius 3 is 3.05 bits per heavy atom. The Bertz CT molecular complexity index is 564. The number of imidazole rings is 1. The number of hydrogen-bond donors (Lipinski definition) is 1. The van der Waals surface area contributed by atoms with E-state index in [0.29, 0.717) is 12.1 Å². The van der Waals surface area contributed by atoms with Crippen molar-refractivity contribution in [2.75, 3.05) is 18.9 Å². The molecule has 112 valence electrons. The number of nitrogens with zero attached hydrogens (tertiary/aromatic N) is 3. The predicted octanol–water partition coefficient (Wildman–Crippen LogP) is 2.83. The molecule has 1 aromatic carbocycles. The summed E-state index contributed by atoms with van der Waals surface area (Å²) in [6, 6.07) is 9.96. The van der Waals surface area contributed by atoms with Crippen molar-refractivity contribution in [2.24, 2.45) is 0 Å². The van der Waals surface area contributed by atoms with Crippen LogP contribution >= 0.6 is 0 Å². The lowest BCUT2D eigenvalue weighted by molar-refractivity contribution is 0.190. The number of piperidine rings is 1. The Hall–Kier alpha value is -1.81. The van der Waals surface area contributed by atoms with Crippen LogP contribution in [0.15, 0.2) is 43.0 Å². The number of likely N-dealkylation sites (tertiary alicyclic amines) is 1. The van der Waals surface area contributed by atoms with Gasteiger partial charge in [-0.1, -0.05) is 12.1 Å². The summed E-state index contributed by atoms with van der Waals surface area (Å²) in [4.78, 5) is 6.53. The second-order valence-corrected chi connectivity index (χ2v) is 6.13. The number of nitrogens with one attached hydrogen (secondary N) is 1. The highest BCUT2D eigenvalue weighted by Crippen LogP contribution is 2.20. The van der Waals surface area contributed by atoms with Crippen LogP contribution in [0.4, 0.5) is 5.69 Å². The van der Waals surface area contributed by atoms with E-state index in [0.717, 1.165) is 6.54 Å². The molecule has 1 aliphatic heterocycles. The van der Waals surface area contributed by atoms with E-state index >= 15 is 0 Å². The summed E-state index contributed by atoms with van der Waals surface area (Å²) in [5, 5.41) is 3.70. The molecule has 1 fully saturated rings. The minimum absolute atomic E-state index is 0.583. The fourth-order valence-corrected chi connectivity index (χ4v) is 3.01. The van der Waals surface area contributed by atoms with Gasteiger partial charge in [0.25, 0.3) is 0 Å². The van der Waals surface area contributed by atoms with E-state index in [2.05, 4.69) is 58.0 Å². The highest BCUT2D eigenvalue weighted by atomic mass is 15.1. The molecule has 0 bridgehead atoms. The zero-order valence-corrected chi connectivity index (χ0v) is 12.9. The zero-order valence-electron chi connectivity index (χ0n) is 12.9. The van der Waals surface area contributed by atoms with Crippen molar-refractivity contribution in [2.45, 2.75) is 38.4 Å². The highest BCUT2D eigenvalue weighted by Gasteiger charge is 2.22. The van der Waals surface area contributed by atoms with Gasteiger partial charge in [-0.25, -0.2) is 4.98 Å². The molecule has 3 rings (SSSR count). The Kier molecular flexibility index (Phi) is 4.25. The molecule has 1 aromatic heterocycles. The van der Waals surface area contributed by atoms with Gasteiger partial charge in [-0.3, -0.25) is 0 Å². The van der Waals surface area contributed by atoms with E-state index in [-0.39, 0.29) is 0 Å². The molecule has 0 aliphatic carbocycles. The van der Waals surface area contributed by atoms with Crippen LogP contribution in [0, 0.1) is 0 Å². The van der Waals surface area contributed by atoms with Crippen molar-refractivity contribution < 1.29 is 0 Å². The van der Waals surface area contributed by atoms with E-state index in [1.807, 2.05) is 18.7 Å². The summed E-state index contributed by atoms with van der Waals surface area (Å²) in [5.41, 5.74) is 2.54. The van der Waals surface area contributed by atoms with Crippen molar-refractivity contribution in [1.29, 1.82) is 0 Å². The molecule has 1 N–H and O–H groups in total. The monoisotopic (exact) mass is 284 g/mol. The van der Waals surface area contributed by atoms with Gasteiger partial charge in [0, 0.05) is 43.3 Å². The third-order valence-electron chi connectivity index (χ3n) is 4.43. The fraction of sp³-hybridized carbons (Fsp3) is 0.471. The molecule has 1 saturated heterocycles. The van der Waals surface area contributed by atoms with Gasteiger partial charge in [0.2, 0.25) is 0 Å². The van der Waals surface area contributed by atoms with E-state index < -0.39 is 0 Å². The van der Waals surface area contributed by atoms with E-state index in [1.54, 1.807) is 0 Å². The molecule has 4 nitrogen and oxygen atoms in total. The molecule has 2 aromatic rings. The van der Waals surface area contributed by atoms with Crippen LogP contribution in [0.2, 0.25) is 0 Å². The smallest absolute Gasteiger partial charge is 0.0949 e. The van der Waals surface area contributed by atoms with Crippen molar-refractivity contribution >= 4 is 5.69 Å². The second kappa shape index (κ2) is 6.31. The van der Waals surface area contributed by atoms with E-state index in [1.165, 1.54) is 30.6 Å². The molecule has 21 heavy (non-hydrogen) atoms. The molecule has 4 heteroatoms. The van der Waals surface area contributed by atoms with Crippen LogP contribution in [0.3, 0.4) is 0 Å². The average molecular weight is 284 g/mol. The summed E-state index contributed by atoms with van der Waals surface area (Å²) in [7, 11) is 2.21.